The number of halogens is 1. The number of thioether (sulfide) groups is 1. The third-order valence-corrected chi connectivity index (χ3v) is 4.77. The molecule has 0 saturated heterocycles. The van der Waals surface area contributed by atoms with Crippen LogP contribution in [-0.2, 0) is 9.84 Å². The molecule has 1 rings (SSSR count). The van der Waals surface area contributed by atoms with Crippen LogP contribution in [0.1, 0.15) is 24.1 Å². The van der Waals surface area contributed by atoms with E-state index in [1.807, 2.05) is 0 Å². The molecule has 0 aliphatic heterocycles. The molecule has 0 saturated carbocycles. The van der Waals surface area contributed by atoms with Crippen molar-refractivity contribution in [3.63, 3.8) is 0 Å². The van der Waals surface area contributed by atoms with Crippen molar-refractivity contribution in [3.8, 4) is 0 Å². The predicted molar refractivity (Wildman–Crippen MR) is 74.2 cm³/mol. The fraction of sp³-hybridized carbons (Fsp3) is 0.500. The SMILES string of the molecule is Cc1cc(SCCS(C)(=O)=O)c([C@H](C)N)cc1F. The molecule has 0 unspecified atom stereocenters. The van der Waals surface area contributed by atoms with E-state index in [1.165, 1.54) is 24.1 Å². The highest BCUT2D eigenvalue weighted by molar-refractivity contribution is 8.00. The molecule has 2 N–H and O–H groups in total. The lowest BCUT2D eigenvalue weighted by molar-refractivity contribution is 0.603. The molecule has 0 bridgehead atoms. The Labute approximate surface area is 112 Å². The van der Waals surface area contributed by atoms with Crippen LogP contribution in [0.2, 0.25) is 0 Å². The van der Waals surface area contributed by atoms with Crippen LogP contribution in [-0.4, -0.2) is 26.2 Å². The first kappa shape index (κ1) is 15.5. The minimum absolute atomic E-state index is 0.104. The first-order valence-corrected chi connectivity index (χ1v) is 8.61. The third-order valence-electron chi connectivity index (χ3n) is 2.49. The molecule has 0 fully saturated rings. The topological polar surface area (TPSA) is 60.2 Å². The van der Waals surface area contributed by atoms with Crippen LogP contribution in [0.15, 0.2) is 17.0 Å². The summed E-state index contributed by atoms with van der Waals surface area (Å²) in [6.07, 6.45) is 1.20. The van der Waals surface area contributed by atoms with Crippen LogP contribution in [0.25, 0.3) is 0 Å². The van der Waals surface area contributed by atoms with Crippen molar-refractivity contribution in [2.75, 3.05) is 17.8 Å². The van der Waals surface area contributed by atoms with Gasteiger partial charge in [0.15, 0.2) is 0 Å². The molecule has 18 heavy (non-hydrogen) atoms. The van der Waals surface area contributed by atoms with E-state index in [-0.39, 0.29) is 17.6 Å². The average Bonchev–Trinajstić information content (AvgIpc) is 2.20. The average molecular weight is 291 g/mol. The Morgan fingerprint density at radius 1 is 1.44 bits per heavy atom. The molecule has 1 aromatic rings. The van der Waals surface area contributed by atoms with Gasteiger partial charge in [-0.05, 0) is 37.1 Å². The maximum atomic E-state index is 13.5. The van der Waals surface area contributed by atoms with Crippen molar-refractivity contribution < 1.29 is 12.8 Å². The Kier molecular flexibility index (Phi) is 5.19. The van der Waals surface area contributed by atoms with Crippen molar-refractivity contribution in [1.82, 2.24) is 0 Å². The van der Waals surface area contributed by atoms with Crippen molar-refractivity contribution >= 4 is 21.6 Å². The quantitative estimate of drug-likeness (QED) is 0.846. The number of aryl methyl sites for hydroxylation is 1. The van der Waals surface area contributed by atoms with E-state index in [1.54, 1.807) is 19.9 Å². The van der Waals surface area contributed by atoms with Gasteiger partial charge in [0.1, 0.15) is 15.7 Å². The van der Waals surface area contributed by atoms with E-state index in [4.69, 9.17) is 5.73 Å². The van der Waals surface area contributed by atoms with Gasteiger partial charge >= 0.3 is 0 Å². The second-order valence-corrected chi connectivity index (χ2v) is 7.80. The maximum Gasteiger partial charge on any atom is 0.148 e. The van der Waals surface area contributed by atoms with Crippen molar-refractivity contribution in [1.29, 1.82) is 0 Å². The van der Waals surface area contributed by atoms with Gasteiger partial charge in [-0.1, -0.05) is 0 Å². The van der Waals surface area contributed by atoms with Gasteiger partial charge in [-0.25, -0.2) is 12.8 Å². The first-order valence-electron chi connectivity index (χ1n) is 5.57. The van der Waals surface area contributed by atoms with E-state index in [9.17, 15) is 12.8 Å². The van der Waals surface area contributed by atoms with Gasteiger partial charge < -0.3 is 5.73 Å². The minimum Gasteiger partial charge on any atom is -0.324 e. The van der Waals surface area contributed by atoms with E-state index in [2.05, 4.69) is 0 Å². The van der Waals surface area contributed by atoms with Crippen LogP contribution in [0.3, 0.4) is 0 Å². The van der Waals surface area contributed by atoms with Gasteiger partial charge in [0.2, 0.25) is 0 Å². The monoisotopic (exact) mass is 291 g/mol. The first-order chi connectivity index (χ1) is 8.20. The van der Waals surface area contributed by atoms with Gasteiger partial charge in [-0.15, -0.1) is 11.8 Å². The maximum absolute atomic E-state index is 13.5. The van der Waals surface area contributed by atoms with Crippen molar-refractivity contribution in [3.05, 3.63) is 29.1 Å². The number of hydrogen-bond acceptors (Lipinski definition) is 4. The van der Waals surface area contributed by atoms with E-state index in [0.717, 1.165) is 10.5 Å². The standard InChI is InChI=1S/C12H18FNO2S2/c1-8-6-12(17-4-5-18(3,15)16)10(9(2)14)7-11(8)13/h6-7,9H,4-5,14H2,1-3H3/t9-/m0/s1. The summed E-state index contributed by atoms with van der Waals surface area (Å²) in [4.78, 5) is 0.854. The van der Waals surface area contributed by atoms with Gasteiger partial charge in [0.25, 0.3) is 0 Å². The molecule has 1 aromatic carbocycles. The summed E-state index contributed by atoms with van der Waals surface area (Å²) in [6, 6.07) is 2.88. The van der Waals surface area contributed by atoms with Gasteiger partial charge in [-0.2, -0.15) is 0 Å². The normalized spacial score (nSPS) is 13.6. The second-order valence-electron chi connectivity index (χ2n) is 4.41. The number of sulfone groups is 1. The van der Waals surface area contributed by atoms with Crippen molar-refractivity contribution in [2.24, 2.45) is 5.73 Å². The second kappa shape index (κ2) is 6.04. The van der Waals surface area contributed by atoms with E-state index < -0.39 is 9.84 Å². The molecule has 0 radical (unpaired) electrons. The summed E-state index contributed by atoms with van der Waals surface area (Å²) in [5.74, 6) is 0.269. The van der Waals surface area contributed by atoms with Crippen LogP contribution in [0.5, 0.6) is 0 Å². The van der Waals surface area contributed by atoms with Gasteiger partial charge in [-0.3, -0.25) is 0 Å². The minimum atomic E-state index is -2.97. The largest absolute Gasteiger partial charge is 0.324 e. The molecule has 0 heterocycles. The fourth-order valence-electron chi connectivity index (χ4n) is 1.45. The highest BCUT2D eigenvalue weighted by Gasteiger charge is 2.12. The van der Waals surface area contributed by atoms with E-state index in [0.29, 0.717) is 11.3 Å². The lowest BCUT2D eigenvalue weighted by Gasteiger charge is -2.13. The molecule has 0 spiro atoms. The zero-order chi connectivity index (χ0) is 13.9. The molecule has 0 aromatic heterocycles. The Balaban J connectivity index is 2.90. The smallest absolute Gasteiger partial charge is 0.148 e. The summed E-state index contributed by atoms with van der Waals surface area (Å²) < 4.78 is 35.6. The molecular formula is C12H18FNO2S2. The molecule has 0 aliphatic rings. The Morgan fingerprint density at radius 2 is 2.06 bits per heavy atom. The predicted octanol–water partition coefficient (Wildman–Crippen LogP) is 2.29. The summed E-state index contributed by atoms with van der Waals surface area (Å²) >= 11 is 1.40. The molecular weight excluding hydrogens is 273 g/mol. The summed E-state index contributed by atoms with van der Waals surface area (Å²) in [5.41, 5.74) is 7.05. The van der Waals surface area contributed by atoms with Crippen LogP contribution >= 0.6 is 11.8 Å². The number of rotatable bonds is 5. The molecule has 102 valence electrons. The molecule has 3 nitrogen and oxygen atoms in total. The van der Waals surface area contributed by atoms with Crippen LogP contribution in [0, 0.1) is 12.7 Å². The third kappa shape index (κ3) is 4.59. The molecule has 0 amide bonds. The molecule has 0 aliphatic carbocycles. The van der Waals surface area contributed by atoms with Crippen LogP contribution in [0.4, 0.5) is 4.39 Å². The molecule has 6 heteroatoms. The fourth-order valence-corrected chi connectivity index (χ4v) is 3.89. The lowest BCUT2D eigenvalue weighted by atomic mass is 10.1. The summed E-state index contributed by atoms with van der Waals surface area (Å²) in [5, 5.41) is 0. The number of nitrogens with two attached hydrogens (primary N) is 1. The highest BCUT2D eigenvalue weighted by atomic mass is 32.2. The van der Waals surface area contributed by atoms with Gasteiger partial charge in [0.05, 0.1) is 5.75 Å². The van der Waals surface area contributed by atoms with Crippen molar-refractivity contribution in [2.45, 2.75) is 24.8 Å². The lowest BCUT2D eigenvalue weighted by Crippen LogP contribution is -2.09. The highest BCUT2D eigenvalue weighted by Crippen LogP contribution is 2.29. The van der Waals surface area contributed by atoms with E-state index >= 15 is 0 Å². The zero-order valence-corrected chi connectivity index (χ0v) is 12.4. The summed E-state index contributed by atoms with van der Waals surface area (Å²) in [6.45, 7) is 3.46. The van der Waals surface area contributed by atoms with Crippen LogP contribution < -0.4 is 5.73 Å². The van der Waals surface area contributed by atoms with Gasteiger partial charge in [0, 0.05) is 22.9 Å². The Morgan fingerprint density at radius 3 is 2.56 bits per heavy atom. The zero-order valence-electron chi connectivity index (χ0n) is 10.7. The molecule has 1 atom stereocenters. The number of hydrogen-bond donors (Lipinski definition) is 1. The Hall–Kier alpha value is -0.590. The summed E-state index contributed by atoms with van der Waals surface area (Å²) in [7, 11) is -2.97. The number of benzene rings is 1. The Bertz CT molecular complexity index is 527.